The minimum atomic E-state index is -0.0797. The topological polar surface area (TPSA) is 55.6 Å². The zero-order chi connectivity index (χ0) is 13.7. The Morgan fingerprint density at radius 2 is 2.17 bits per heavy atom. The van der Waals surface area contributed by atoms with E-state index in [4.69, 9.17) is 22.1 Å². The molecule has 0 aliphatic carbocycles. The zero-order valence-electron chi connectivity index (χ0n) is 10.9. The highest BCUT2D eigenvalue weighted by Gasteiger charge is 2.13. The predicted octanol–water partition coefficient (Wildman–Crippen LogP) is 2.04. The SMILES string of the molecule is CC(C)N(C)C(=O)COc1ccc(CN)cc1Cl. The first-order chi connectivity index (χ1) is 8.45. The fourth-order valence-corrected chi connectivity index (χ4v) is 1.58. The number of benzene rings is 1. The van der Waals surface area contributed by atoms with Gasteiger partial charge in [0.05, 0.1) is 5.02 Å². The molecule has 0 heterocycles. The lowest BCUT2D eigenvalue weighted by Crippen LogP contribution is -2.36. The van der Waals surface area contributed by atoms with Gasteiger partial charge in [0.2, 0.25) is 0 Å². The summed E-state index contributed by atoms with van der Waals surface area (Å²) in [6, 6.07) is 5.45. The number of likely N-dealkylation sites (N-methyl/N-ethyl adjacent to an activating group) is 1. The van der Waals surface area contributed by atoms with Gasteiger partial charge in [-0.2, -0.15) is 0 Å². The molecule has 0 fully saturated rings. The predicted molar refractivity (Wildman–Crippen MR) is 72.7 cm³/mol. The lowest BCUT2D eigenvalue weighted by molar-refractivity contribution is -0.133. The van der Waals surface area contributed by atoms with Crippen LogP contribution >= 0.6 is 11.6 Å². The summed E-state index contributed by atoms with van der Waals surface area (Å²) in [5.41, 5.74) is 6.43. The van der Waals surface area contributed by atoms with Crippen LogP contribution in [0.3, 0.4) is 0 Å². The fourth-order valence-electron chi connectivity index (χ4n) is 1.32. The Bertz CT molecular complexity index is 421. The molecule has 1 aromatic carbocycles. The number of carbonyl (C=O) groups excluding carboxylic acids is 1. The van der Waals surface area contributed by atoms with Gasteiger partial charge in [0.25, 0.3) is 5.91 Å². The largest absolute Gasteiger partial charge is 0.482 e. The Morgan fingerprint density at radius 1 is 1.50 bits per heavy atom. The third-order valence-electron chi connectivity index (χ3n) is 2.75. The van der Waals surface area contributed by atoms with E-state index in [1.807, 2.05) is 19.9 Å². The van der Waals surface area contributed by atoms with Crippen molar-refractivity contribution in [3.8, 4) is 5.75 Å². The molecule has 18 heavy (non-hydrogen) atoms. The van der Waals surface area contributed by atoms with E-state index in [1.54, 1.807) is 24.1 Å². The van der Waals surface area contributed by atoms with Crippen LogP contribution in [-0.4, -0.2) is 30.5 Å². The number of rotatable bonds is 5. The van der Waals surface area contributed by atoms with E-state index in [0.29, 0.717) is 17.3 Å². The van der Waals surface area contributed by atoms with Gasteiger partial charge in [-0.25, -0.2) is 0 Å². The molecule has 0 aliphatic heterocycles. The molecule has 0 radical (unpaired) electrons. The summed E-state index contributed by atoms with van der Waals surface area (Å²) >= 11 is 6.03. The van der Waals surface area contributed by atoms with Crippen LogP contribution in [0.5, 0.6) is 5.75 Å². The summed E-state index contributed by atoms with van der Waals surface area (Å²) in [7, 11) is 1.75. The van der Waals surface area contributed by atoms with Crippen molar-refractivity contribution in [2.45, 2.75) is 26.4 Å². The van der Waals surface area contributed by atoms with Gasteiger partial charge in [-0.1, -0.05) is 17.7 Å². The molecule has 1 aromatic rings. The standard InChI is InChI=1S/C13H19ClN2O2/c1-9(2)16(3)13(17)8-18-12-5-4-10(7-15)6-11(12)14/h4-6,9H,7-8,15H2,1-3H3. The van der Waals surface area contributed by atoms with Crippen LogP contribution in [-0.2, 0) is 11.3 Å². The highest BCUT2D eigenvalue weighted by atomic mass is 35.5. The highest BCUT2D eigenvalue weighted by Crippen LogP contribution is 2.25. The Labute approximate surface area is 113 Å². The maximum atomic E-state index is 11.7. The minimum absolute atomic E-state index is 0.0175. The molecule has 0 bridgehead atoms. The first-order valence-electron chi connectivity index (χ1n) is 5.82. The van der Waals surface area contributed by atoms with Crippen LogP contribution in [0.15, 0.2) is 18.2 Å². The van der Waals surface area contributed by atoms with Gasteiger partial charge in [0, 0.05) is 19.6 Å². The summed E-state index contributed by atoms with van der Waals surface area (Å²) < 4.78 is 5.41. The minimum Gasteiger partial charge on any atom is -0.482 e. The van der Waals surface area contributed by atoms with E-state index in [1.165, 1.54) is 0 Å². The molecular weight excluding hydrogens is 252 g/mol. The molecular formula is C13H19ClN2O2. The summed E-state index contributed by atoms with van der Waals surface area (Å²) in [5.74, 6) is 0.420. The van der Waals surface area contributed by atoms with Crippen molar-refractivity contribution in [2.75, 3.05) is 13.7 Å². The summed E-state index contributed by atoms with van der Waals surface area (Å²) in [4.78, 5) is 13.4. The summed E-state index contributed by atoms with van der Waals surface area (Å²) in [6.45, 7) is 4.30. The van der Waals surface area contributed by atoms with Crippen molar-refractivity contribution in [1.29, 1.82) is 0 Å². The van der Waals surface area contributed by atoms with E-state index in [0.717, 1.165) is 5.56 Å². The molecule has 0 saturated heterocycles. The Hall–Kier alpha value is -1.26. The average molecular weight is 271 g/mol. The van der Waals surface area contributed by atoms with Crippen LogP contribution in [0.1, 0.15) is 19.4 Å². The molecule has 1 amide bonds. The summed E-state index contributed by atoms with van der Waals surface area (Å²) in [6.07, 6.45) is 0. The number of carbonyl (C=O) groups is 1. The maximum absolute atomic E-state index is 11.7. The molecule has 0 saturated carbocycles. The van der Waals surface area contributed by atoms with Crippen molar-refractivity contribution >= 4 is 17.5 Å². The van der Waals surface area contributed by atoms with Gasteiger partial charge < -0.3 is 15.4 Å². The number of nitrogens with two attached hydrogens (primary N) is 1. The molecule has 0 spiro atoms. The molecule has 0 unspecified atom stereocenters. The van der Waals surface area contributed by atoms with Gasteiger partial charge >= 0.3 is 0 Å². The van der Waals surface area contributed by atoms with Crippen LogP contribution in [0.4, 0.5) is 0 Å². The number of nitrogens with zero attached hydrogens (tertiary/aromatic N) is 1. The summed E-state index contributed by atoms with van der Waals surface area (Å²) in [5, 5.41) is 0.470. The molecule has 0 aromatic heterocycles. The van der Waals surface area contributed by atoms with Gasteiger partial charge in [-0.05, 0) is 31.5 Å². The van der Waals surface area contributed by atoms with Crippen molar-refractivity contribution in [2.24, 2.45) is 5.73 Å². The lowest BCUT2D eigenvalue weighted by Gasteiger charge is -2.21. The second-order valence-electron chi connectivity index (χ2n) is 4.36. The van der Waals surface area contributed by atoms with E-state index in [2.05, 4.69) is 0 Å². The number of amides is 1. The first-order valence-corrected chi connectivity index (χ1v) is 6.20. The van der Waals surface area contributed by atoms with Gasteiger partial charge in [-0.3, -0.25) is 4.79 Å². The maximum Gasteiger partial charge on any atom is 0.260 e. The van der Waals surface area contributed by atoms with Crippen molar-refractivity contribution in [1.82, 2.24) is 4.90 Å². The normalized spacial score (nSPS) is 10.6. The van der Waals surface area contributed by atoms with Crippen molar-refractivity contribution in [3.63, 3.8) is 0 Å². The lowest BCUT2D eigenvalue weighted by atomic mass is 10.2. The van der Waals surface area contributed by atoms with Crippen LogP contribution < -0.4 is 10.5 Å². The molecule has 0 aliphatic rings. The van der Waals surface area contributed by atoms with Gasteiger partial charge in [0.1, 0.15) is 5.75 Å². The van der Waals surface area contributed by atoms with E-state index >= 15 is 0 Å². The molecule has 5 heteroatoms. The Kier molecular flexibility index (Phi) is 5.44. The molecule has 0 atom stereocenters. The Morgan fingerprint density at radius 3 is 2.67 bits per heavy atom. The zero-order valence-corrected chi connectivity index (χ0v) is 11.7. The number of hydrogen-bond acceptors (Lipinski definition) is 3. The van der Waals surface area contributed by atoms with Crippen molar-refractivity contribution < 1.29 is 9.53 Å². The second kappa shape index (κ2) is 6.61. The second-order valence-corrected chi connectivity index (χ2v) is 4.76. The van der Waals surface area contributed by atoms with Crippen LogP contribution in [0.2, 0.25) is 5.02 Å². The highest BCUT2D eigenvalue weighted by molar-refractivity contribution is 6.32. The number of halogens is 1. The number of hydrogen-bond donors (Lipinski definition) is 1. The molecule has 4 nitrogen and oxygen atoms in total. The van der Waals surface area contributed by atoms with Crippen LogP contribution in [0.25, 0.3) is 0 Å². The Balaban J connectivity index is 2.61. The van der Waals surface area contributed by atoms with Crippen molar-refractivity contribution in [3.05, 3.63) is 28.8 Å². The third-order valence-corrected chi connectivity index (χ3v) is 3.05. The van der Waals surface area contributed by atoms with Gasteiger partial charge in [0.15, 0.2) is 6.61 Å². The third kappa shape index (κ3) is 3.89. The fraction of sp³-hybridized carbons (Fsp3) is 0.462. The van der Waals surface area contributed by atoms with Gasteiger partial charge in [-0.15, -0.1) is 0 Å². The van der Waals surface area contributed by atoms with E-state index in [-0.39, 0.29) is 18.6 Å². The van der Waals surface area contributed by atoms with E-state index < -0.39 is 0 Å². The molecule has 100 valence electrons. The molecule has 2 N–H and O–H groups in total. The number of ether oxygens (including phenoxy) is 1. The first kappa shape index (κ1) is 14.8. The van der Waals surface area contributed by atoms with E-state index in [9.17, 15) is 4.79 Å². The monoisotopic (exact) mass is 270 g/mol. The smallest absolute Gasteiger partial charge is 0.260 e. The van der Waals surface area contributed by atoms with Crippen LogP contribution in [0, 0.1) is 0 Å². The quantitative estimate of drug-likeness (QED) is 0.891. The average Bonchev–Trinajstić information content (AvgIpc) is 2.35. The molecule has 1 rings (SSSR count).